The summed E-state index contributed by atoms with van der Waals surface area (Å²) in [5, 5.41) is 8.53. The van der Waals surface area contributed by atoms with E-state index in [2.05, 4.69) is 54.3 Å². The van der Waals surface area contributed by atoms with E-state index in [4.69, 9.17) is 5.10 Å². The molecule has 0 aliphatic carbocycles. The fourth-order valence-electron chi connectivity index (χ4n) is 4.04. The van der Waals surface area contributed by atoms with E-state index in [1.54, 1.807) is 11.8 Å². The first kappa shape index (κ1) is 22.3. The van der Waals surface area contributed by atoms with E-state index < -0.39 is 0 Å². The van der Waals surface area contributed by atoms with Gasteiger partial charge in [0.25, 0.3) is 0 Å². The number of amides is 1. The summed E-state index contributed by atoms with van der Waals surface area (Å²) >= 11 is 1.60. The number of fused-ring (bicyclic) bond motifs is 1. The van der Waals surface area contributed by atoms with E-state index in [1.807, 2.05) is 48.0 Å². The highest BCUT2D eigenvalue weighted by molar-refractivity contribution is 7.98. The maximum absolute atomic E-state index is 13.3. The van der Waals surface area contributed by atoms with Crippen molar-refractivity contribution < 1.29 is 4.79 Å². The summed E-state index contributed by atoms with van der Waals surface area (Å²) in [5.41, 5.74) is 4.09. The zero-order valence-corrected chi connectivity index (χ0v) is 19.8. The van der Waals surface area contributed by atoms with Crippen molar-refractivity contribution in [2.24, 2.45) is 16.8 Å². The van der Waals surface area contributed by atoms with Gasteiger partial charge in [0, 0.05) is 17.2 Å². The third kappa shape index (κ3) is 4.93. The number of aryl methyl sites for hydroxylation is 1. The van der Waals surface area contributed by atoms with E-state index >= 15 is 0 Å². The van der Waals surface area contributed by atoms with Gasteiger partial charge in [0.05, 0.1) is 12.0 Å². The van der Waals surface area contributed by atoms with Gasteiger partial charge in [0.15, 0.2) is 0 Å². The normalized spacial score (nSPS) is 17.7. The topological polar surface area (TPSA) is 72.2 Å². The van der Waals surface area contributed by atoms with Crippen LogP contribution in [0.1, 0.15) is 44.4 Å². The summed E-state index contributed by atoms with van der Waals surface area (Å²) in [5.74, 6) is 1.34. The molecule has 0 saturated heterocycles. The molecule has 7 heteroatoms. The Balaban J connectivity index is 1.58. The van der Waals surface area contributed by atoms with Crippen LogP contribution in [-0.2, 0) is 10.5 Å². The first-order valence-electron chi connectivity index (χ1n) is 11.0. The summed E-state index contributed by atoms with van der Waals surface area (Å²) < 4.78 is 1.86. The number of aliphatic imine (C=N–C) groups is 1. The van der Waals surface area contributed by atoms with Gasteiger partial charge < -0.3 is 5.32 Å². The molecular formula is C25H29N5OS. The van der Waals surface area contributed by atoms with Gasteiger partial charge in [-0.2, -0.15) is 4.98 Å². The number of hydrogen-bond acceptors (Lipinski definition) is 5. The largest absolute Gasteiger partial charge is 0.325 e. The van der Waals surface area contributed by atoms with Crippen LogP contribution in [0.5, 0.6) is 0 Å². The number of carbonyl (C=O) groups excluding carboxylic acids is 1. The molecule has 0 spiro atoms. The zero-order chi connectivity index (χ0) is 22.7. The first-order chi connectivity index (χ1) is 15.4. The molecule has 1 aromatic heterocycles. The molecule has 1 aliphatic heterocycles. The fraction of sp³-hybridized carbons (Fsp3) is 0.360. The summed E-state index contributed by atoms with van der Waals surface area (Å²) in [6.07, 6.45) is 0.817. The van der Waals surface area contributed by atoms with Crippen LogP contribution >= 0.6 is 11.8 Å². The quantitative estimate of drug-likeness (QED) is 0.463. The standard InChI is InChI=1S/C25H29N5OS/c1-16(2)14-21-22(23(31)27-20-12-6-5-7-13-20)18(4)26-24-28-25(29-30(21)24)32-15-19-11-9-8-10-17(19)3/h5-13,16,21-22H,14-15H2,1-4H3,(H,27,31). The molecule has 2 atom stereocenters. The second-order valence-electron chi connectivity index (χ2n) is 8.64. The van der Waals surface area contributed by atoms with Gasteiger partial charge in [0.1, 0.15) is 0 Å². The van der Waals surface area contributed by atoms with Crippen molar-refractivity contribution in [3.63, 3.8) is 0 Å². The third-order valence-electron chi connectivity index (χ3n) is 5.67. The molecule has 0 bridgehead atoms. The van der Waals surface area contributed by atoms with Crippen molar-refractivity contribution in [2.45, 2.75) is 51.1 Å². The number of rotatable bonds is 7. The van der Waals surface area contributed by atoms with E-state index in [1.165, 1.54) is 11.1 Å². The molecule has 0 saturated carbocycles. The second-order valence-corrected chi connectivity index (χ2v) is 9.58. The predicted molar refractivity (Wildman–Crippen MR) is 131 cm³/mol. The molecule has 1 aliphatic rings. The molecule has 0 radical (unpaired) electrons. The number of aromatic nitrogens is 3. The summed E-state index contributed by atoms with van der Waals surface area (Å²) in [6, 6.07) is 17.8. The lowest BCUT2D eigenvalue weighted by molar-refractivity contribution is -0.119. The van der Waals surface area contributed by atoms with Crippen molar-refractivity contribution in [1.29, 1.82) is 0 Å². The summed E-state index contributed by atoms with van der Waals surface area (Å²) in [4.78, 5) is 22.6. The molecule has 166 valence electrons. The maximum atomic E-state index is 13.3. The number of thioether (sulfide) groups is 1. The number of carbonyl (C=O) groups is 1. The smallest absolute Gasteiger partial charge is 0.249 e. The van der Waals surface area contributed by atoms with Crippen LogP contribution in [0.15, 0.2) is 64.7 Å². The number of hydrogen-bond donors (Lipinski definition) is 1. The van der Waals surface area contributed by atoms with Gasteiger partial charge >= 0.3 is 0 Å². The Morgan fingerprint density at radius 1 is 1.09 bits per heavy atom. The van der Waals surface area contributed by atoms with Crippen LogP contribution in [0, 0.1) is 18.8 Å². The maximum Gasteiger partial charge on any atom is 0.249 e. The minimum Gasteiger partial charge on any atom is -0.325 e. The van der Waals surface area contributed by atoms with Gasteiger partial charge in [-0.15, -0.1) is 5.10 Å². The molecule has 6 nitrogen and oxygen atoms in total. The highest BCUT2D eigenvalue weighted by Crippen LogP contribution is 2.37. The number of benzene rings is 2. The van der Waals surface area contributed by atoms with Crippen molar-refractivity contribution in [3.05, 3.63) is 65.7 Å². The average molecular weight is 448 g/mol. The average Bonchev–Trinajstić information content (AvgIpc) is 3.16. The van der Waals surface area contributed by atoms with Crippen LogP contribution in [0.25, 0.3) is 0 Å². The van der Waals surface area contributed by atoms with Crippen LogP contribution in [0.4, 0.5) is 11.6 Å². The van der Waals surface area contributed by atoms with E-state index in [-0.39, 0.29) is 17.9 Å². The summed E-state index contributed by atoms with van der Waals surface area (Å²) in [6.45, 7) is 8.36. The third-order valence-corrected chi connectivity index (χ3v) is 6.56. The Kier molecular flexibility index (Phi) is 6.74. The molecule has 2 unspecified atom stereocenters. The molecule has 32 heavy (non-hydrogen) atoms. The van der Waals surface area contributed by atoms with Crippen molar-refractivity contribution in [2.75, 3.05) is 5.32 Å². The lowest BCUT2D eigenvalue weighted by atomic mass is 9.87. The molecule has 3 aromatic rings. The van der Waals surface area contributed by atoms with Crippen molar-refractivity contribution in [1.82, 2.24) is 14.8 Å². The van der Waals surface area contributed by atoms with Crippen LogP contribution in [-0.4, -0.2) is 26.4 Å². The fourth-order valence-corrected chi connectivity index (χ4v) is 4.94. The molecule has 1 amide bonds. The minimum atomic E-state index is -0.388. The molecule has 2 heterocycles. The Labute approximate surface area is 193 Å². The first-order valence-corrected chi connectivity index (χ1v) is 12.0. The van der Waals surface area contributed by atoms with Crippen molar-refractivity contribution in [3.8, 4) is 0 Å². The number of para-hydroxylation sites is 1. The highest BCUT2D eigenvalue weighted by atomic mass is 32.2. The van der Waals surface area contributed by atoms with Gasteiger partial charge in [-0.05, 0) is 49.4 Å². The number of nitrogens with one attached hydrogen (secondary N) is 1. The van der Waals surface area contributed by atoms with E-state index in [9.17, 15) is 4.79 Å². The number of anilines is 1. The molecular weight excluding hydrogens is 418 g/mol. The van der Waals surface area contributed by atoms with Crippen LogP contribution < -0.4 is 5.32 Å². The summed E-state index contributed by atoms with van der Waals surface area (Å²) in [7, 11) is 0. The Morgan fingerprint density at radius 3 is 2.53 bits per heavy atom. The SMILES string of the molecule is CC1=Nc2nc(SCc3ccccc3C)nn2C(CC(C)C)C1C(=O)Nc1ccccc1. The van der Waals surface area contributed by atoms with Gasteiger partial charge in [-0.3, -0.25) is 4.79 Å². The second kappa shape index (κ2) is 9.69. The molecule has 0 fully saturated rings. The predicted octanol–water partition coefficient (Wildman–Crippen LogP) is 5.83. The minimum absolute atomic E-state index is 0.0571. The molecule has 4 rings (SSSR count). The lowest BCUT2D eigenvalue weighted by Gasteiger charge is -2.31. The van der Waals surface area contributed by atoms with Gasteiger partial charge in [-0.25, -0.2) is 9.67 Å². The molecule has 2 aromatic carbocycles. The molecule has 1 N–H and O–H groups in total. The van der Waals surface area contributed by atoms with Crippen molar-refractivity contribution >= 4 is 35.0 Å². The lowest BCUT2D eigenvalue weighted by Crippen LogP contribution is -2.39. The Morgan fingerprint density at radius 2 is 1.81 bits per heavy atom. The highest BCUT2D eigenvalue weighted by Gasteiger charge is 2.38. The Bertz CT molecular complexity index is 1120. The number of nitrogens with zero attached hydrogens (tertiary/aromatic N) is 4. The monoisotopic (exact) mass is 447 g/mol. The zero-order valence-electron chi connectivity index (χ0n) is 18.9. The van der Waals surface area contributed by atoms with Crippen LogP contribution in [0.2, 0.25) is 0 Å². The van der Waals surface area contributed by atoms with Crippen LogP contribution in [0.3, 0.4) is 0 Å². The van der Waals surface area contributed by atoms with Gasteiger partial charge in [-0.1, -0.05) is 68.1 Å². The van der Waals surface area contributed by atoms with E-state index in [0.717, 1.165) is 23.6 Å². The Hall–Kier alpha value is -2.93. The van der Waals surface area contributed by atoms with Gasteiger partial charge in [0.2, 0.25) is 17.0 Å². The van der Waals surface area contributed by atoms with E-state index in [0.29, 0.717) is 17.0 Å².